The fraction of sp³-hybridized carbons (Fsp3) is 0.643. The summed E-state index contributed by atoms with van der Waals surface area (Å²) in [6.07, 6.45) is 1.02. The lowest BCUT2D eigenvalue weighted by Gasteiger charge is -2.19. The number of amides is 1. The van der Waals surface area contributed by atoms with Crippen LogP contribution in [0.4, 0.5) is 0 Å². The topological polar surface area (TPSA) is 58.1 Å². The Morgan fingerprint density at radius 3 is 2.60 bits per heavy atom. The van der Waals surface area contributed by atoms with Crippen LogP contribution in [0.5, 0.6) is 0 Å². The summed E-state index contributed by atoms with van der Waals surface area (Å²) in [5.41, 5.74) is 3.11. The Hall–Kier alpha value is -1.14. The Bertz CT molecular complexity index is 461. The maximum atomic E-state index is 12.2. The van der Waals surface area contributed by atoms with Crippen LogP contribution in [-0.2, 0) is 4.79 Å². The van der Waals surface area contributed by atoms with Gasteiger partial charge in [0, 0.05) is 31.0 Å². The molecule has 1 aromatic heterocycles. The highest BCUT2D eigenvalue weighted by Gasteiger charge is 2.16. The molecule has 0 unspecified atom stereocenters. The highest BCUT2D eigenvalue weighted by atomic mass is 32.2. The molecule has 1 saturated heterocycles. The third-order valence-corrected chi connectivity index (χ3v) is 4.46. The van der Waals surface area contributed by atoms with Gasteiger partial charge in [-0.2, -0.15) is 0 Å². The molecule has 1 fully saturated rings. The third kappa shape index (κ3) is 3.93. The highest BCUT2D eigenvalue weighted by molar-refractivity contribution is 7.99. The molecule has 0 saturated carbocycles. The first-order valence-electron chi connectivity index (χ1n) is 7.01. The quantitative estimate of drug-likeness (QED) is 0.673. The minimum atomic E-state index is 0.179. The van der Waals surface area contributed by atoms with Crippen molar-refractivity contribution in [3.05, 3.63) is 17.0 Å². The summed E-state index contributed by atoms with van der Waals surface area (Å²) in [5.74, 6) is 0.597. The van der Waals surface area contributed by atoms with Crippen LogP contribution in [0.3, 0.4) is 0 Å². The molecule has 2 heterocycles. The van der Waals surface area contributed by atoms with Gasteiger partial charge in [-0.3, -0.25) is 4.79 Å². The summed E-state index contributed by atoms with van der Waals surface area (Å²) in [5, 5.41) is 4.00. The Morgan fingerprint density at radius 1 is 1.20 bits per heavy atom. The number of carbonyl (C=O) groups is 1. The van der Waals surface area contributed by atoms with Gasteiger partial charge in [0.1, 0.15) is 0 Å². The molecular weight excluding hydrogens is 272 g/mol. The number of nitrogens with zero attached hydrogens (tertiary/aromatic N) is 3. The van der Waals surface area contributed by atoms with Crippen molar-refractivity contribution in [2.45, 2.75) is 32.3 Å². The van der Waals surface area contributed by atoms with E-state index >= 15 is 0 Å². The molecule has 0 aliphatic carbocycles. The van der Waals surface area contributed by atoms with Crippen LogP contribution >= 0.6 is 11.8 Å². The van der Waals surface area contributed by atoms with Gasteiger partial charge in [-0.05, 0) is 39.3 Å². The van der Waals surface area contributed by atoms with Crippen LogP contribution in [0.25, 0.3) is 0 Å². The lowest BCUT2D eigenvalue weighted by molar-refractivity contribution is -0.128. The molecule has 6 heteroatoms. The second-order valence-electron chi connectivity index (χ2n) is 5.08. The summed E-state index contributed by atoms with van der Waals surface area (Å²) in [7, 11) is 0. The monoisotopic (exact) mass is 294 g/mol. The molecule has 0 spiro atoms. The number of aromatic nitrogens is 2. The van der Waals surface area contributed by atoms with E-state index in [-0.39, 0.29) is 5.91 Å². The molecule has 0 aromatic carbocycles. The van der Waals surface area contributed by atoms with Crippen LogP contribution in [0.2, 0.25) is 0 Å². The second-order valence-corrected chi connectivity index (χ2v) is 6.02. The van der Waals surface area contributed by atoms with Crippen molar-refractivity contribution in [2.24, 2.45) is 0 Å². The van der Waals surface area contributed by atoms with E-state index in [0.29, 0.717) is 10.9 Å². The molecule has 1 aliphatic rings. The molecule has 0 bridgehead atoms. The lowest BCUT2D eigenvalue weighted by atomic mass is 10.2. The Labute approximate surface area is 124 Å². The summed E-state index contributed by atoms with van der Waals surface area (Å²) >= 11 is 1.43. The van der Waals surface area contributed by atoms with Gasteiger partial charge in [0.05, 0.1) is 5.75 Å². The van der Waals surface area contributed by atoms with Crippen molar-refractivity contribution in [2.75, 3.05) is 31.9 Å². The minimum Gasteiger partial charge on any atom is -0.341 e. The molecule has 1 amide bonds. The number of nitrogens with one attached hydrogen (secondary N) is 1. The number of aryl methyl sites for hydroxylation is 2. The first kappa shape index (κ1) is 15.3. The van der Waals surface area contributed by atoms with Crippen molar-refractivity contribution in [1.82, 2.24) is 20.2 Å². The van der Waals surface area contributed by atoms with Crippen LogP contribution in [0, 0.1) is 20.8 Å². The number of rotatable bonds is 3. The number of thioether (sulfide) groups is 1. The standard InChI is InChI=1S/C14H22N4OS/c1-10-11(2)16-14(17-12(10)3)20-9-13(19)18-7-4-5-15-6-8-18/h15H,4-9H2,1-3H3. The Morgan fingerprint density at radius 2 is 1.90 bits per heavy atom. The molecule has 2 rings (SSSR count). The van der Waals surface area contributed by atoms with Gasteiger partial charge >= 0.3 is 0 Å². The fourth-order valence-electron chi connectivity index (χ4n) is 2.12. The van der Waals surface area contributed by atoms with Crippen molar-refractivity contribution < 1.29 is 4.79 Å². The normalized spacial score (nSPS) is 16.1. The average molecular weight is 294 g/mol. The molecule has 110 valence electrons. The predicted octanol–water partition coefficient (Wildman–Crippen LogP) is 1.32. The van der Waals surface area contributed by atoms with Crippen LogP contribution < -0.4 is 5.32 Å². The zero-order valence-electron chi connectivity index (χ0n) is 12.4. The van der Waals surface area contributed by atoms with E-state index in [4.69, 9.17) is 0 Å². The van der Waals surface area contributed by atoms with Gasteiger partial charge < -0.3 is 10.2 Å². The van der Waals surface area contributed by atoms with Gasteiger partial charge in [-0.25, -0.2) is 9.97 Å². The largest absolute Gasteiger partial charge is 0.341 e. The molecule has 20 heavy (non-hydrogen) atoms. The molecule has 1 N–H and O–H groups in total. The molecular formula is C14H22N4OS. The highest BCUT2D eigenvalue weighted by Crippen LogP contribution is 2.17. The van der Waals surface area contributed by atoms with Gasteiger partial charge in [0.2, 0.25) is 5.91 Å². The maximum Gasteiger partial charge on any atom is 0.233 e. The predicted molar refractivity (Wildman–Crippen MR) is 81.0 cm³/mol. The van der Waals surface area contributed by atoms with E-state index in [1.807, 2.05) is 25.7 Å². The Kier molecular flexibility index (Phi) is 5.37. The number of hydrogen-bond acceptors (Lipinski definition) is 5. The Balaban J connectivity index is 1.92. The molecule has 1 aliphatic heterocycles. The van der Waals surface area contributed by atoms with Crippen LogP contribution in [0.15, 0.2) is 5.16 Å². The van der Waals surface area contributed by atoms with E-state index in [0.717, 1.165) is 49.6 Å². The van der Waals surface area contributed by atoms with Gasteiger partial charge in [0.15, 0.2) is 5.16 Å². The van der Waals surface area contributed by atoms with Crippen LogP contribution in [0.1, 0.15) is 23.4 Å². The summed E-state index contributed by atoms with van der Waals surface area (Å²) in [6, 6.07) is 0. The second kappa shape index (κ2) is 7.04. The van der Waals surface area contributed by atoms with E-state index < -0.39 is 0 Å². The van der Waals surface area contributed by atoms with Crippen molar-refractivity contribution >= 4 is 17.7 Å². The molecule has 0 radical (unpaired) electrons. The first-order valence-corrected chi connectivity index (χ1v) is 7.99. The average Bonchev–Trinajstić information content (AvgIpc) is 2.71. The van der Waals surface area contributed by atoms with E-state index in [2.05, 4.69) is 15.3 Å². The summed E-state index contributed by atoms with van der Waals surface area (Å²) in [6.45, 7) is 9.51. The van der Waals surface area contributed by atoms with E-state index in [1.54, 1.807) is 0 Å². The van der Waals surface area contributed by atoms with Crippen molar-refractivity contribution in [3.8, 4) is 0 Å². The minimum absolute atomic E-state index is 0.179. The summed E-state index contributed by atoms with van der Waals surface area (Å²) in [4.78, 5) is 23.0. The van der Waals surface area contributed by atoms with Gasteiger partial charge in [0.25, 0.3) is 0 Å². The SMILES string of the molecule is Cc1nc(SCC(=O)N2CCCNCC2)nc(C)c1C. The summed E-state index contributed by atoms with van der Waals surface area (Å²) < 4.78 is 0. The van der Waals surface area contributed by atoms with E-state index in [1.165, 1.54) is 11.8 Å². The van der Waals surface area contributed by atoms with E-state index in [9.17, 15) is 4.79 Å². The fourth-order valence-corrected chi connectivity index (χ4v) is 2.96. The number of hydrogen-bond donors (Lipinski definition) is 1. The van der Waals surface area contributed by atoms with Gasteiger partial charge in [-0.15, -0.1) is 0 Å². The third-order valence-electron chi connectivity index (χ3n) is 3.63. The van der Waals surface area contributed by atoms with Crippen molar-refractivity contribution in [1.29, 1.82) is 0 Å². The van der Waals surface area contributed by atoms with Crippen LogP contribution in [-0.4, -0.2) is 52.7 Å². The maximum absolute atomic E-state index is 12.2. The first-order chi connectivity index (χ1) is 9.58. The lowest BCUT2D eigenvalue weighted by Crippen LogP contribution is -2.35. The molecule has 5 nitrogen and oxygen atoms in total. The van der Waals surface area contributed by atoms with Crippen molar-refractivity contribution in [3.63, 3.8) is 0 Å². The molecule has 1 aromatic rings. The number of carbonyl (C=O) groups excluding carboxylic acids is 1. The van der Waals surface area contributed by atoms with Gasteiger partial charge in [-0.1, -0.05) is 11.8 Å². The molecule has 0 atom stereocenters. The smallest absolute Gasteiger partial charge is 0.233 e. The zero-order valence-corrected chi connectivity index (χ0v) is 13.2. The zero-order chi connectivity index (χ0) is 14.5.